The van der Waals surface area contributed by atoms with Gasteiger partial charge in [-0.05, 0) is 0 Å². The van der Waals surface area contributed by atoms with Gasteiger partial charge in [0.05, 0.1) is 0 Å². The molecule has 3 aliphatic rings. The summed E-state index contributed by atoms with van der Waals surface area (Å²) in [6, 6.07) is 0. The maximum atomic E-state index is 11.1. The molecular formula is C9H16N2O2. The van der Waals surface area contributed by atoms with E-state index in [1.54, 1.807) is 0 Å². The van der Waals surface area contributed by atoms with Gasteiger partial charge in [-0.2, -0.15) is 0 Å². The Morgan fingerprint density at radius 3 is 2.54 bits per heavy atom. The van der Waals surface area contributed by atoms with Crippen LogP contribution in [-0.4, -0.2) is 54.7 Å². The molecule has 2 bridgehead atoms. The highest BCUT2D eigenvalue weighted by atomic mass is 16.6. The molecule has 74 valence electrons. The number of rotatable bonds is 2. The van der Waals surface area contributed by atoms with Gasteiger partial charge in [0, 0.05) is 39.1 Å². The van der Waals surface area contributed by atoms with E-state index in [1.807, 2.05) is 6.92 Å². The molecule has 0 aromatic rings. The van der Waals surface area contributed by atoms with Crippen LogP contribution in [0.25, 0.3) is 0 Å². The van der Waals surface area contributed by atoms with Gasteiger partial charge in [-0.15, -0.1) is 0 Å². The van der Waals surface area contributed by atoms with Gasteiger partial charge in [0.15, 0.2) is 6.23 Å². The topological polar surface area (TPSA) is 32.8 Å². The molecular weight excluding hydrogens is 168 g/mol. The van der Waals surface area contributed by atoms with Gasteiger partial charge in [-0.25, -0.2) is 0 Å². The maximum absolute atomic E-state index is 11.1. The van der Waals surface area contributed by atoms with Gasteiger partial charge in [-0.3, -0.25) is 14.6 Å². The zero-order chi connectivity index (χ0) is 9.26. The summed E-state index contributed by atoms with van der Waals surface area (Å²) in [6.45, 7) is 7.06. The quantitative estimate of drug-likeness (QED) is 0.561. The van der Waals surface area contributed by atoms with Crippen molar-refractivity contribution in [3.63, 3.8) is 0 Å². The Hall–Kier alpha value is -0.610. The first-order valence-electron chi connectivity index (χ1n) is 4.95. The Morgan fingerprint density at radius 1 is 1.38 bits per heavy atom. The van der Waals surface area contributed by atoms with Crippen LogP contribution in [0.2, 0.25) is 0 Å². The molecule has 13 heavy (non-hydrogen) atoms. The van der Waals surface area contributed by atoms with Gasteiger partial charge in [0.1, 0.15) is 0 Å². The molecule has 4 nitrogen and oxygen atoms in total. The smallest absolute Gasteiger partial charge is 0.307 e. The summed E-state index contributed by atoms with van der Waals surface area (Å²) in [4.78, 5) is 15.7. The molecule has 3 saturated heterocycles. The number of esters is 1. The van der Waals surface area contributed by atoms with Crippen molar-refractivity contribution >= 4 is 5.97 Å². The normalized spacial score (nSPS) is 37.5. The molecule has 3 rings (SSSR count). The average Bonchev–Trinajstić information content (AvgIpc) is 2.19. The number of nitrogens with zero attached hydrogens (tertiary/aromatic N) is 2. The molecule has 0 aromatic carbocycles. The number of piperazine rings is 3. The van der Waals surface area contributed by atoms with Gasteiger partial charge < -0.3 is 4.74 Å². The third-order valence-electron chi connectivity index (χ3n) is 2.78. The van der Waals surface area contributed by atoms with Crippen molar-refractivity contribution in [2.45, 2.75) is 19.6 Å². The SMILES string of the molecule is CCC(=O)OC1CN2CCN1CC2. The van der Waals surface area contributed by atoms with Crippen LogP contribution in [0.4, 0.5) is 0 Å². The van der Waals surface area contributed by atoms with E-state index in [0.29, 0.717) is 6.42 Å². The van der Waals surface area contributed by atoms with Crippen molar-refractivity contribution in [1.29, 1.82) is 0 Å². The maximum Gasteiger partial charge on any atom is 0.307 e. The molecule has 0 spiro atoms. The molecule has 0 radical (unpaired) electrons. The van der Waals surface area contributed by atoms with E-state index in [1.165, 1.54) is 0 Å². The number of carbonyl (C=O) groups is 1. The number of hydrogen-bond acceptors (Lipinski definition) is 4. The number of carbonyl (C=O) groups excluding carboxylic acids is 1. The molecule has 1 unspecified atom stereocenters. The summed E-state index contributed by atoms with van der Waals surface area (Å²) >= 11 is 0. The second kappa shape index (κ2) is 3.64. The lowest BCUT2D eigenvalue weighted by atomic mass is 10.2. The van der Waals surface area contributed by atoms with Crippen LogP contribution in [-0.2, 0) is 9.53 Å². The van der Waals surface area contributed by atoms with Crippen LogP contribution in [0.15, 0.2) is 0 Å². The van der Waals surface area contributed by atoms with Crippen LogP contribution in [0.3, 0.4) is 0 Å². The minimum absolute atomic E-state index is 0.0231. The lowest BCUT2D eigenvalue weighted by molar-refractivity contribution is -0.172. The second-order valence-corrected chi connectivity index (χ2v) is 3.63. The monoisotopic (exact) mass is 184 g/mol. The predicted octanol–water partition coefficient (Wildman–Crippen LogP) is -0.103. The van der Waals surface area contributed by atoms with Crippen molar-refractivity contribution in [1.82, 2.24) is 9.80 Å². The second-order valence-electron chi connectivity index (χ2n) is 3.63. The summed E-state index contributed by atoms with van der Waals surface area (Å²) in [5.74, 6) is -0.0845. The molecule has 0 N–H and O–H groups in total. The molecule has 3 aliphatic heterocycles. The van der Waals surface area contributed by atoms with E-state index in [4.69, 9.17) is 4.74 Å². The third kappa shape index (κ3) is 1.84. The molecule has 4 heteroatoms. The Morgan fingerprint density at radius 2 is 2.08 bits per heavy atom. The number of ether oxygens (including phenoxy) is 1. The highest BCUT2D eigenvalue weighted by Gasteiger charge is 2.33. The zero-order valence-electron chi connectivity index (χ0n) is 8.03. The fourth-order valence-electron chi connectivity index (χ4n) is 1.92. The molecule has 0 aliphatic carbocycles. The number of fused-ring (bicyclic) bond motifs is 3. The van der Waals surface area contributed by atoms with Crippen LogP contribution >= 0.6 is 0 Å². The lowest BCUT2D eigenvalue weighted by Gasteiger charge is -2.46. The summed E-state index contributed by atoms with van der Waals surface area (Å²) in [6.07, 6.45) is 0.500. The van der Waals surface area contributed by atoms with Crippen LogP contribution in [0.5, 0.6) is 0 Å². The van der Waals surface area contributed by atoms with Crippen molar-refractivity contribution in [2.24, 2.45) is 0 Å². The summed E-state index contributed by atoms with van der Waals surface area (Å²) in [5, 5.41) is 0. The fourth-order valence-corrected chi connectivity index (χ4v) is 1.92. The Labute approximate surface area is 78.4 Å². The largest absolute Gasteiger partial charge is 0.445 e. The Bertz CT molecular complexity index is 200. The Balaban J connectivity index is 1.90. The van der Waals surface area contributed by atoms with Gasteiger partial charge >= 0.3 is 5.97 Å². The van der Waals surface area contributed by atoms with E-state index in [0.717, 1.165) is 32.7 Å². The van der Waals surface area contributed by atoms with Crippen LogP contribution < -0.4 is 0 Å². The van der Waals surface area contributed by atoms with Crippen molar-refractivity contribution in [3.05, 3.63) is 0 Å². The van der Waals surface area contributed by atoms with E-state index >= 15 is 0 Å². The van der Waals surface area contributed by atoms with Gasteiger partial charge in [-0.1, -0.05) is 6.92 Å². The molecule has 3 fully saturated rings. The number of hydrogen-bond donors (Lipinski definition) is 0. The first kappa shape index (κ1) is 8.97. The van der Waals surface area contributed by atoms with E-state index in [9.17, 15) is 4.79 Å². The van der Waals surface area contributed by atoms with E-state index in [-0.39, 0.29) is 12.2 Å². The van der Waals surface area contributed by atoms with E-state index in [2.05, 4.69) is 9.80 Å². The minimum Gasteiger partial charge on any atom is -0.445 e. The van der Waals surface area contributed by atoms with E-state index < -0.39 is 0 Å². The predicted molar refractivity (Wildman–Crippen MR) is 48.2 cm³/mol. The van der Waals surface area contributed by atoms with Gasteiger partial charge in [0.25, 0.3) is 0 Å². The summed E-state index contributed by atoms with van der Waals surface area (Å²) in [5.41, 5.74) is 0. The first-order valence-corrected chi connectivity index (χ1v) is 4.95. The standard InChI is InChI=1S/C9H16N2O2/c1-2-9(12)13-8-7-10-3-5-11(8)6-4-10/h8H,2-7H2,1H3. The van der Waals surface area contributed by atoms with Gasteiger partial charge in [0.2, 0.25) is 0 Å². The van der Waals surface area contributed by atoms with Crippen LogP contribution in [0.1, 0.15) is 13.3 Å². The third-order valence-corrected chi connectivity index (χ3v) is 2.78. The summed E-state index contributed by atoms with van der Waals surface area (Å²) < 4.78 is 5.32. The highest BCUT2D eigenvalue weighted by Crippen LogP contribution is 2.16. The lowest BCUT2D eigenvalue weighted by Crippen LogP contribution is -2.62. The molecule has 3 heterocycles. The average molecular weight is 184 g/mol. The molecule has 0 aromatic heterocycles. The molecule has 0 saturated carbocycles. The summed E-state index contributed by atoms with van der Waals surface area (Å²) in [7, 11) is 0. The fraction of sp³-hybridized carbons (Fsp3) is 0.889. The highest BCUT2D eigenvalue weighted by molar-refractivity contribution is 5.69. The minimum atomic E-state index is -0.0845. The van der Waals surface area contributed by atoms with Crippen LogP contribution in [0, 0.1) is 0 Å². The zero-order valence-corrected chi connectivity index (χ0v) is 8.03. The molecule has 0 amide bonds. The van der Waals surface area contributed by atoms with Crippen molar-refractivity contribution in [2.75, 3.05) is 32.7 Å². The Kier molecular flexibility index (Phi) is 2.51. The first-order chi connectivity index (χ1) is 6.29. The molecule has 1 atom stereocenters. The van der Waals surface area contributed by atoms with Crippen molar-refractivity contribution < 1.29 is 9.53 Å². The van der Waals surface area contributed by atoms with Crippen molar-refractivity contribution in [3.8, 4) is 0 Å².